The largest absolute Gasteiger partial charge is 0.497 e. The molecule has 3 aromatic carbocycles. The molecule has 0 aliphatic carbocycles. The highest BCUT2D eigenvalue weighted by Gasteiger charge is 2.18. The van der Waals surface area contributed by atoms with Crippen LogP contribution in [-0.4, -0.2) is 26.8 Å². The van der Waals surface area contributed by atoms with E-state index in [0.717, 1.165) is 10.9 Å². The lowest BCUT2D eigenvalue weighted by atomic mass is 9.98. The average molecular weight is 508 g/mol. The van der Waals surface area contributed by atoms with Gasteiger partial charge in [0.25, 0.3) is 0 Å². The van der Waals surface area contributed by atoms with Gasteiger partial charge >= 0.3 is 5.97 Å². The summed E-state index contributed by atoms with van der Waals surface area (Å²) in [5.74, 6) is 0.979. The molecule has 0 spiro atoms. The Hall–Kier alpha value is -3.88. The molecule has 4 rings (SSSR count). The fourth-order valence-corrected chi connectivity index (χ4v) is 4.18. The van der Waals surface area contributed by atoms with E-state index < -0.39 is 5.82 Å². The van der Waals surface area contributed by atoms with Crippen LogP contribution in [0.4, 0.5) is 4.39 Å². The highest BCUT2D eigenvalue weighted by atomic mass is 19.1. The predicted octanol–water partition coefficient (Wildman–Crippen LogP) is 5.54. The second-order valence-corrected chi connectivity index (χ2v) is 8.43. The van der Waals surface area contributed by atoms with Crippen LogP contribution in [0.2, 0.25) is 0 Å². The first kappa shape index (κ1) is 26.2. The molecular weight excluding hydrogens is 477 g/mol. The van der Waals surface area contributed by atoms with E-state index in [1.807, 2.05) is 18.2 Å². The summed E-state index contributed by atoms with van der Waals surface area (Å²) in [6, 6.07) is 16.0. The predicted molar refractivity (Wildman–Crippen MR) is 138 cm³/mol. The number of methoxy groups -OCH3 is 2. The lowest BCUT2D eigenvalue weighted by Gasteiger charge is -2.14. The number of carbonyl (C=O) groups is 1. The van der Waals surface area contributed by atoms with Gasteiger partial charge in [0.15, 0.2) is 0 Å². The summed E-state index contributed by atoms with van der Waals surface area (Å²) in [7, 11) is 3.14. The van der Waals surface area contributed by atoms with Gasteiger partial charge in [0.2, 0.25) is 0 Å². The molecule has 194 valence electrons. The standard InChI is InChI=1S/C29H30FNO6/c1-4-35-27(32)13-19-8-9-22(34-3)14-26(19)36-16-18-10-21-12-23(17-33-2)37-29(21)25(11-18)24-7-5-6-20(15-31)28(24)30/h5-12,14H,4,13,15-17,31H2,1-3H3. The van der Waals surface area contributed by atoms with Gasteiger partial charge in [-0.3, -0.25) is 4.79 Å². The Morgan fingerprint density at radius 2 is 1.84 bits per heavy atom. The number of carbonyl (C=O) groups excluding carboxylic acids is 1. The van der Waals surface area contributed by atoms with Gasteiger partial charge in [-0.05, 0) is 36.8 Å². The van der Waals surface area contributed by atoms with Crippen LogP contribution in [0, 0.1) is 5.82 Å². The lowest BCUT2D eigenvalue weighted by Crippen LogP contribution is -2.09. The van der Waals surface area contributed by atoms with Gasteiger partial charge in [-0.25, -0.2) is 4.39 Å². The maximum absolute atomic E-state index is 15.3. The van der Waals surface area contributed by atoms with Crippen molar-refractivity contribution in [1.82, 2.24) is 0 Å². The second-order valence-electron chi connectivity index (χ2n) is 8.43. The van der Waals surface area contributed by atoms with Crippen molar-refractivity contribution in [3.8, 4) is 22.6 Å². The number of halogens is 1. The molecule has 0 atom stereocenters. The van der Waals surface area contributed by atoms with E-state index in [1.54, 1.807) is 57.5 Å². The molecule has 0 saturated heterocycles. The van der Waals surface area contributed by atoms with Crippen LogP contribution in [0.1, 0.15) is 29.4 Å². The fraction of sp³-hybridized carbons (Fsp3) is 0.276. The van der Waals surface area contributed by atoms with Crippen molar-refractivity contribution in [2.24, 2.45) is 5.73 Å². The number of esters is 1. The fourth-order valence-electron chi connectivity index (χ4n) is 4.18. The van der Waals surface area contributed by atoms with Crippen molar-refractivity contribution in [2.75, 3.05) is 20.8 Å². The van der Waals surface area contributed by atoms with Crippen molar-refractivity contribution in [3.63, 3.8) is 0 Å². The molecule has 0 aliphatic heterocycles. The van der Waals surface area contributed by atoms with Gasteiger partial charge in [0, 0.05) is 47.4 Å². The molecule has 1 aromatic heterocycles. The quantitative estimate of drug-likeness (QED) is 0.267. The van der Waals surface area contributed by atoms with E-state index in [1.165, 1.54) is 0 Å². The first-order valence-corrected chi connectivity index (χ1v) is 11.9. The summed E-state index contributed by atoms with van der Waals surface area (Å²) in [6.07, 6.45) is 0.0661. The topological polar surface area (TPSA) is 93.2 Å². The molecule has 0 unspecified atom stereocenters. The SMILES string of the molecule is CCOC(=O)Cc1ccc(OC)cc1OCc1cc(-c2cccc(CN)c2F)c2oc(COC)cc2c1. The van der Waals surface area contributed by atoms with Crippen LogP contribution in [0.5, 0.6) is 11.5 Å². The first-order valence-electron chi connectivity index (χ1n) is 11.9. The molecule has 37 heavy (non-hydrogen) atoms. The number of nitrogens with two attached hydrogens (primary N) is 1. The minimum atomic E-state index is -0.390. The average Bonchev–Trinajstić information content (AvgIpc) is 3.30. The molecule has 0 bridgehead atoms. The smallest absolute Gasteiger partial charge is 0.310 e. The van der Waals surface area contributed by atoms with Crippen LogP contribution in [-0.2, 0) is 40.4 Å². The summed E-state index contributed by atoms with van der Waals surface area (Å²) < 4.78 is 43.1. The summed E-state index contributed by atoms with van der Waals surface area (Å²) in [4.78, 5) is 12.1. The Balaban J connectivity index is 1.73. The second kappa shape index (κ2) is 11.9. The first-order chi connectivity index (χ1) is 18.0. The Kier molecular flexibility index (Phi) is 8.43. The maximum Gasteiger partial charge on any atom is 0.310 e. The lowest BCUT2D eigenvalue weighted by molar-refractivity contribution is -0.142. The molecular formula is C29H30FNO6. The molecule has 0 radical (unpaired) electrons. The number of furan rings is 1. The minimum Gasteiger partial charge on any atom is -0.497 e. The van der Waals surface area contributed by atoms with Crippen LogP contribution < -0.4 is 15.2 Å². The molecule has 1 heterocycles. The van der Waals surface area contributed by atoms with E-state index in [4.69, 9.17) is 29.1 Å². The summed E-state index contributed by atoms with van der Waals surface area (Å²) in [5, 5.41) is 0.790. The van der Waals surface area contributed by atoms with E-state index in [0.29, 0.717) is 51.7 Å². The van der Waals surface area contributed by atoms with Crippen molar-refractivity contribution >= 4 is 16.9 Å². The maximum atomic E-state index is 15.3. The minimum absolute atomic E-state index is 0.0661. The molecule has 0 saturated carbocycles. The molecule has 8 heteroatoms. The molecule has 4 aromatic rings. The van der Waals surface area contributed by atoms with Crippen molar-refractivity contribution in [2.45, 2.75) is 33.1 Å². The van der Waals surface area contributed by atoms with Crippen molar-refractivity contribution in [1.29, 1.82) is 0 Å². The van der Waals surface area contributed by atoms with Crippen LogP contribution >= 0.6 is 0 Å². The van der Waals surface area contributed by atoms with E-state index in [2.05, 4.69) is 0 Å². The Bertz CT molecular complexity index is 1400. The normalized spacial score (nSPS) is 11.1. The van der Waals surface area contributed by atoms with Crippen LogP contribution in [0.25, 0.3) is 22.1 Å². The number of hydrogen-bond acceptors (Lipinski definition) is 7. The number of benzene rings is 3. The van der Waals surface area contributed by atoms with E-state index in [9.17, 15) is 4.79 Å². The summed E-state index contributed by atoms with van der Waals surface area (Å²) in [5.41, 5.74) is 9.14. The Morgan fingerprint density at radius 1 is 1.00 bits per heavy atom. The molecule has 0 aliphatic rings. The van der Waals surface area contributed by atoms with Crippen LogP contribution in [0.15, 0.2) is 59.0 Å². The third kappa shape index (κ3) is 5.93. The van der Waals surface area contributed by atoms with Gasteiger partial charge in [-0.15, -0.1) is 0 Å². The number of hydrogen-bond donors (Lipinski definition) is 1. The molecule has 2 N–H and O–H groups in total. The van der Waals surface area contributed by atoms with E-state index in [-0.39, 0.29) is 32.1 Å². The van der Waals surface area contributed by atoms with Gasteiger partial charge in [0.05, 0.1) is 20.1 Å². The number of fused-ring (bicyclic) bond motifs is 1. The number of rotatable bonds is 11. The van der Waals surface area contributed by atoms with Gasteiger partial charge in [0.1, 0.15) is 41.9 Å². The van der Waals surface area contributed by atoms with Gasteiger partial charge in [-0.2, -0.15) is 0 Å². The monoisotopic (exact) mass is 507 g/mol. The van der Waals surface area contributed by atoms with Crippen LogP contribution in [0.3, 0.4) is 0 Å². The summed E-state index contributed by atoms with van der Waals surface area (Å²) >= 11 is 0. The van der Waals surface area contributed by atoms with Crippen molar-refractivity contribution < 1.29 is 32.5 Å². The number of ether oxygens (including phenoxy) is 4. The highest BCUT2D eigenvalue weighted by molar-refractivity contribution is 5.94. The third-order valence-corrected chi connectivity index (χ3v) is 5.91. The van der Waals surface area contributed by atoms with E-state index >= 15 is 4.39 Å². The highest BCUT2D eigenvalue weighted by Crippen LogP contribution is 2.36. The zero-order chi connectivity index (χ0) is 26.4. The molecule has 7 nitrogen and oxygen atoms in total. The van der Waals surface area contributed by atoms with Gasteiger partial charge in [-0.1, -0.05) is 24.3 Å². The zero-order valence-corrected chi connectivity index (χ0v) is 21.1. The molecule has 0 amide bonds. The van der Waals surface area contributed by atoms with Crippen molar-refractivity contribution in [3.05, 3.63) is 82.9 Å². The van der Waals surface area contributed by atoms with Gasteiger partial charge < -0.3 is 29.1 Å². The summed E-state index contributed by atoms with van der Waals surface area (Å²) in [6.45, 7) is 2.59. The third-order valence-electron chi connectivity index (χ3n) is 5.91. The zero-order valence-electron chi connectivity index (χ0n) is 21.1. The Morgan fingerprint density at radius 3 is 2.57 bits per heavy atom. The Labute approximate surface area is 214 Å². The molecule has 0 fully saturated rings.